The highest BCUT2D eigenvalue weighted by molar-refractivity contribution is 5.93. The molecular formula is C11H18ClN5. The van der Waals surface area contributed by atoms with Crippen molar-refractivity contribution in [3.8, 4) is 0 Å². The second kappa shape index (κ2) is 5.84. The highest BCUT2D eigenvalue weighted by Crippen LogP contribution is 2.16. The molecule has 0 spiro atoms. The zero-order chi connectivity index (χ0) is 11.5. The topological polar surface area (TPSA) is 69.2 Å². The van der Waals surface area contributed by atoms with Crippen LogP contribution in [0.25, 0.3) is 0 Å². The molecule has 5 nitrogen and oxygen atoms in total. The summed E-state index contributed by atoms with van der Waals surface area (Å²) in [6.45, 7) is 4.16. The fraction of sp³-hybridized carbons (Fsp3) is 0.455. The van der Waals surface area contributed by atoms with E-state index >= 15 is 0 Å². The Morgan fingerprint density at radius 1 is 1.35 bits per heavy atom. The maximum Gasteiger partial charge on any atom is 0.141 e. The van der Waals surface area contributed by atoms with Crippen LogP contribution >= 0.6 is 12.4 Å². The number of nitrogens with one attached hydrogen (secondary N) is 1. The lowest BCUT2D eigenvalue weighted by atomic mass is 10.2. The van der Waals surface area contributed by atoms with E-state index < -0.39 is 0 Å². The van der Waals surface area contributed by atoms with Crippen LogP contribution in [0, 0.1) is 5.41 Å². The molecule has 1 aromatic rings. The first-order chi connectivity index (χ1) is 7.66. The smallest absolute Gasteiger partial charge is 0.141 e. The summed E-state index contributed by atoms with van der Waals surface area (Å²) in [6, 6.07) is 3.85. The minimum atomic E-state index is 0. The molecular weight excluding hydrogens is 238 g/mol. The quantitative estimate of drug-likeness (QED) is 0.598. The molecule has 0 atom stereocenters. The fourth-order valence-electron chi connectivity index (χ4n) is 1.83. The Morgan fingerprint density at radius 3 is 2.59 bits per heavy atom. The summed E-state index contributed by atoms with van der Waals surface area (Å²) < 4.78 is 0. The molecule has 3 N–H and O–H groups in total. The molecule has 1 saturated heterocycles. The third-order valence-corrected chi connectivity index (χ3v) is 2.89. The SMILES string of the molecule is CN1CCN(c2ccnc(C(=N)N)c2)CC1.Cl. The highest BCUT2D eigenvalue weighted by Gasteiger charge is 2.14. The van der Waals surface area contributed by atoms with Crippen molar-refractivity contribution in [3.63, 3.8) is 0 Å². The van der Waals surface area contributed by atoms with Gasteiger partial charge in [0.1, 0.15) is 11.5 Å². The number of nitrogens with zero attached hydrogens (tertiary/aromatic N) is 3. The molecule has 0 radical (unpaired) electrons. The number of hydrogen-bond acceptors (Lipinski definition) is 4. The van der Waals surface area contributed by atoms with E-state index in [0.717, 1.165) is 31.9 Å². The Hall–Kier alpha value is -1.33. The Balaban J connectivity index is 0.00000144. The van der Waals surface area contributed by atoms with Gasteiger partial charge in [-0.25, -0.2) is 0 Å². The summed E-state index contributed by atoms with van der Waals surface area (Å²) in [5, 5.41) is 7.37. The number of anilines is 1. The van der Waals surface area contributed by atoms with E-state index in [1.165, 1.54) is 0 Å². The number of pyridine rings is 1. The summed E-state index contributed by atoms with van der Waals surface area (Å²) in [4.78, 5) is 8.67. The molecule has 0 amide bonds. The van der Waals surface area contributed by atoms with Crippen molar-refractivity contribution in [1.29, 1.82) is 5.41 Å². The number of amidine groups is 1. The lowest BCUT2D eigenvalue weighted by molar-refractivity contribution is 0.313. The van der Waals surface area contributed by atoms with Crippen LogP contribution in [0.3, 0.4) is 0 Å². The van der Waals surface area contributed by atoms with Crippen LogP contribution in [0.5, 0.6) is 0 Å². The molecule has 2 heterocycles. The molecule has 0 bridgehead atoms. The second-order valence-electron chi connectivity index (χ2n) is 4.10. The molecule has 1 aliphatic rings. The third-order valence-electron chi connectivity index (χ3n) is 2.89. The molecule has 1 aromatic heterocycles. The number of aromatic nitrogens is 1. The van der Waals surface area contributed by atoms with Crippen LogP contribution in [-0.2, 0) is 0 Å². The molecule has 2 rings (SSSR count). The average Bonchev–Trinajstić information content (AvgIpc) is 2.30. The summed E-state index contributed by atoms with van der Waals surface area (Å²) in [7, 11) is 2.13. The summed E-state index contributed by atoms with van der Waals surface area (Å²) in [5.41, 5.74) is 7.09. The minimum Gasteiger partial charge on any atom is -0.382 e. The third kappa shape index (κ3) is 3.31. The van der Waals surface area contributed by atoms with Gasteiger partial charge >= 0.3 is 0 Å². The molecule has 6 heteroatoms. The van der Waals surface area contributed by atoms with Gasteiger partial charge in [0.25, 0.3) is 0 Å². The first-order valence-corrected chi connectivity index (χ1v) is 5.41. The maximum absolute atomic E-state index is 7.37. The van der Waals surface area contributed by atoms with Crippen molar-refractivity contribution in [1.82, 2.24) is 9.88 Å². The van der Waals surface area contributed by atoms with Gasteiger partial charge in [-0.1, -0.05) is 0 Å². The number of rotatable bonds is 2. The van der Waals surface area contributed by atoms with E-state index in [-0.39, 0.29) is 18.2 Å². The van der Waals surface area contributed by atoms with Crippen LogP contribution in [0.2, 0.25) is 0 Å². The monoisotopic (exact) mass is 255 g/mol. The Labute approximate surface area is 108 Å². The van der Waals surface area contributed by atoms with Gasteiger partial charge in [0.05, 0.1) is 0 Å². The fourth-order valence-corrected chi connectivity index (χ4v) is 1.83. The minimum absolute atomic E-state index is 0. The van der Waals surface area contributed by atoms with Gasteiger partial charge in [0, 0.05) is 38.1 Å². The van der Waals surface area contributed by atoms with Crippen molar-refractivity contribution in [3.05, 3.63) is 24.0 Å². The molecule has 0 unspecified atom stereocenters. The van der Waals surface area contributed by atoms with Gasteiger partial charge in [0.15, 0.2) is 0 Å². The van der Waals surface area contributed by atoms with Crippen molar-refractivity contribution in [2.24, 2.45) is 5.73 Å². The van der Waals surface area contributed by atoms with Gasteiger partial charge in [0.2, 0.25) is 0 Å². The van der Waals surface area contributed by atoms with Crippen LogP contribution in [0.4, 0.5) is 5.69 Å². The van der Waals surface area contributed by atoms with E-state index in [4.69, 9.17) is 11.1 Å². The summed E-state index contributed by atoms with van der Waals surface area (Å²) in [5.74, 6) is 0.0241. The van der Waals surface area contributed by atoms with Crippen molar-refractivity contribution in [2.75, 3.05) is 38.1 Å². The molecule has 0 saturated carbocycles. The normalized spacial score (nSPS) is 16.4. The highest BCUT2D eigenvalue weighted by atomic mass is 35.5. The molecule has 1 fully saturated rings. The Kier molecular flexibility index (Phi) is 4.72. The predicted molar refractivity (Wildman–Crippen MR) is 72.2 cm³/mol. The van der Waals surface area contributed by atoms with Crippen molar-refractivity contribution in [2.45, 2.75) is 0 Å². The zero-order valence-corrected chi connectivity index (χ0v) is 10.7. The first-order valence-electron chi connectivity index (χ1n) is 5.41. The van der Waals surface area contributed by atoms with E-state index in [9.17, 15) is 0 Å². The largest absolute Gasteiger partial charge is 0.382 e. The van der Waals surface area contributed by atoms with Crippen molar-refractivity contribution < 1.29 is 0 Å². The van der Waals surface area contributed by atoms with E-state index in [1.807, 2.05) is 12.1 Å². The molecule has 94 valence electrons. The van der Waals surface area contributed by atoms with Crippen LogP contribution in [0.15, 0.2) is 18.3 Å². The number of halogens is 1. The second-order valence-corrected chi connectivity index (χ2v) is 4.10. The standard InChI is InChI=1S/C11H17N5.ClH/c1-15-4-6-16(7-5-15)9-2-3-14-10(8-9)11(12)13;/h2-3,8H,4-7H2,1H3,(H3,12,13);1H. The number of nitrogen functional groups attached to an aromatic ring is 1. The Bertz CT molecular complexity index is 387. The van der Waals surface area contributed by atoms with Gasteiger partial charge in [-0.05, 0) is 19.2 Å². The molecule has 17 heavy (non-hydrogen) atoms. The lowest BCUT2D eigenvalue weighted by Crippen LogP contribution is -2.44. The number of likely N-dealkylation sites (N-methyl/N-ethyl adjacent to an activating group) is 1. The molecule has 0 aliphatic carbocycles. The predicted octanol–water partition coefficient (Wildman–Crippen LogP) is 0.539. The molecule has 0 aromatic carbocycles. The van der Waals surface area contributed by atoms with Crippen LogP contribution in [-0.4, -0.2) is 48.9 Å². The van der Waals surface area contributed by atoms with E-state index in [1.54, 1.807) is 6.20 Å². The number of hydrogen-bond donors (Lipinski definition) is 2. The van der Waals surface area contributed by atoms with Crippen LogP contribution in [0.1, 0.15) is 5.69 Å². The number of piperazine rings is 1. The molecule has 1 aliphatic heterocycles. The van der Waals surface area contributed by atoms with E-state index in [0.29, 0.717) is 5.69 Å². The van der Waals surface area contributed by atoms with Gasteiger partial charge in [-0.15, -0.1) is 12.4 Å². The van der Waals surface area contributed by atoms with Crippen molar-refractivity contribution >= 4 is 23.9 Å². The average molecular weight is 256 g/mol. The van der Waals surface area contributed by atoms with Crippen LogP contribution < -0.4 is 10.6 Å². The van der Waals surface area contributed by atoms with Gasteiger partial charge in [-0.2, -0.15) is 0 Å². The summed E-state index contributed by atoms with van der Waals surface area (Å²) in [6.07, 6.45) is 1.71. The Morgan fingerprint density at radius 2 is 2.00 bits per heavy atom. The summed E-state index contributed by atoms with van der Waals surface area (Å²) >= 11 is 0. The number of nitrogens with two attached hydrogens (primary N) is 1. The van der Waals surface area contributed by atoms with Gasteiger partial charge < -0.3 is 15.5 Å². The van der Waals surface area contributed by atoms with E-state index in [2.05, 4.69) is 21.8 Å². The lowest BCUT2D eigenvalue weighted by Gasteiger charge is -2.34. The maximum atomic E-state index is 7.37. The van der Waals surface area contributed by atoms with Gasteiger partial charge in [-0.3, -0.25) is 10.4 Å². The first kappa shape index (κ1) is 13.7. The zero-order valence-electron chi connectivity index (χ0n) is 9.89.